The number of hydrogen-bond donors (Lipinski definition) is 1. The maximum Gasteiger partial charge on any atom is 0.267 e. The Bertz CT molecular complexity index is 812. The van der Waals surface area contributed by atoms with Gasteiger partial charge >= 0.3 is 0 Å². The Hall–Kier alpha value is -2.55. The zero-order chi connectivity index (χ0) is 18.0. The molecule has 2 aromatic rings. The molecule has 3 heterocycles. The standard InChI is InChI=1S/C16H22N6O3/c1-10(2)15-17-16(19-18-15)12-8-21(6-7-25-12)14(24)9-22-13(23)5-4-11(3)20-22/h4-5,10,12H,6-9H2,1-3H3,(H,17,18,19)/t12-/m1/s1. The number of rotatable bonds is 4. The number of nitrogens with one attached hydrogen (secondary N) is 1. The van der Waals surface area contributed by atoms with Crippen LogP contribution < -0.4 is 5.56 Å². The van der Waals surface area contributed by atoms with Gasteiger partial charge in [0.25, 0.3) is 5.56 Å². The number of amides is 1. The number of carbonyl (C=O) groups excluding carboxylic acids is 1. The summed E-state index contributed by atoms with van der Waals surface area (Å²) in [6.07, 6.45) is -0.347. The fourth-order valence-corrected chi connectivity index (χ4v) is 2.62. The van der Waals surface area contributed by atoms with Crippen molar-refractivity contribution in [3.8, 4) is 0 Å². The van der Waals surface area contributed by atoms with Gasteiger partial charge in [-0.1, -0.05) is 13.8 Å². The lowest BCUT2D eigenvalue weighted by molar-refractivity contribution is -0.140. The van der Waals surface area contributed by atoms with Crippen molar-refractivity contribution in [1.29, 1.82) is 0 Å². The molecular weight excluding hydrogens is 324 g/mol. The predicted octanol–water partition coefficient (Wildman–Crippen LogP) is 0.393. The molecule has 3 rings (SSSR count). The van der Waals surface area contributed by atoms with Gasteiger partial charge in [0, 0.05) is 18.5 Å². The monoisotopic (exact) mass is 346 g/mol. The highest BCUT2D eigenvalue weighted by atomic mass is 16.5. The van der Waals surface area contributed by atoms with Crippen LogP contribution in [0.2, 0.25) is 0 Å². The molecule has 0 unspecified atom stereocenters. The molecule has 0 radical (unpaired) electrons. The maximum atomic E-state index is 12.5. The summed E-state index contributed by atoms with van der Waals surface area (Å²) in [6, 6.07) is 3.05. The van der Waals surface area contributed by atoms with Gasteiger partial charge in [-0.05, 0) is 13.0 Å². The fraction of sp³-hybridized carbons (Fsp3) is 0.562. The molecule has 9 heteroatoms. The Kier molecular flexibility index (Phi) is 4.93. The SMILES string of the molecule is Cc1ccc(=O)n(CC(=O)N2CCO[C@@H](c3nc(C(C)C)n[nH]3)C2)n1. The van der Waals surface area contributed by atoms with Crippen LogP contribution in [0.25, 0.3) is 0 Å². The summed E-state index contributed by atoms with van der Waals surface area (Å²) < 4.78 is 6.91. The Morgan fingerprint density at radius 2 is 2.24 bits per heavy atom. The molecule has 0 spiro atoms. The third-order valence-corrected chi connectivity index (χ3v) is 4.05. The van der Waals surface area contributed by atoms with Crippen LogP contribution in [0.5, 0.6) is 0 Å². The normalized spacial score (nSPS) is 17.9. The molecule has 1 amide bonds. The summed E-state index contributed by atoms with van der Waals surface area (Å²) in [5, 5.41) is 11.2. The third-order valence-electron chi connectivity index (χ3n) is 4.05. The molecule has 9 nitrogen and oxygen atoms in total. The van der Waals surface area contributed by atoms with Crippen LogP contribution in [0.4, 0.5) is 0 Å². The number of H-pyrrole nitrogens is 1. The second kappa shape index (κ2) is 7.14. The molecule has 0 bridgehead atoms. The van der Waals surface area contributed by atoms with Gasteiger partial charge in [-0.2, -0.15) is 10.2 Å². The van der Waals surface area contributed by atoms with Crippen LogP contribution in [0.15, 0.2) is 16.9 Å². The summed E-state index contributed by atoms with van der Waals surface area (Å²) in [4.78, 5) is 30.5. The van der Waals surface area contributed by atoms with Crippen LogP contribution in [-0.2, 0) is 16.1 Å². The van der Waals surface area contributed by atoms with E-state index in [-0.39, 0.29) is 30.0 Å². The van der Waals surface area contributed by atoms with E-state index in [2.05, 4.69) is 20.3 Å². The Morgan fingerprint density at radius 1 is 1.44 bits per heavy atom. The predicted molar refractivity (Wildman–Crippen MR) is 89.0 cm³/mol. The molecule has 0 aliphatic carbocycles. The first-order valence-electron chi connectivity index (χ1n) is 8.30. The molecule has 1 N–H and O–H groups in total. The number of nitrogens with zero attached hydrogens (tertiary/aromatic N) is 5. The van der Waals surface area contributed by atoms with Crippen molar-refractivity contribution in [3.05, 3.63) is 39.8 Å². The van der Waals surface area contributed by atoms with E-state index in [1.54, 1.807) is 17.9 Å². The summed E-state index contributed by atoms with van der Waals surface area (Å²) in [5.41, 5.74) is 0.399. The van der Waals surface area contributed by atoms with Crippen LogP contribution in [0.3, 0.4) is 0 Å². The highest BCUT2D eigenvalue weighted by Gasteiger charge is 2.28. The van der Waals surface area contributed by atoms with Gasteiger partial charge in [0.05, 0.1) is 18.8 Å². The second-order valence-corrected chi connectivity index (χ2v) is 6.40. The van der Waals surface area contributed by atoms with Crippen LogP contribution in [-0.4, -0.2) is 55.5 Å². The van der Waals surface area contributed by atoms with Gasteiger partial charge in [0.2, 0.25) is 5.91 Å². The summed E-state index contributed by atoms with van der Waals surface area (Å²) in [7, 11) is 0. The number of aryl methyl sites for hydroxylation is 1. The molecule has 2 aromatic heterocycles. The number of morpholine rings is 1. The van der Waals surface area contributed by atoms with Crippen molar-refractivity contribution in [3.63, 3.8) is 0 Å². The minimum absolute atomic E-state index is 0.0825. The zero-order valence-electron chi connectivity index (χ0n) is 14.6. The summed E-state index contributed by atoms with van der Waals surface area (Å²) in [6.45, 7) is 6.97. The minimum Gasteiger partial charge on any atom is -0.367 e. The van der Waals surface area contributed by atoms with Crippen LogP contribution >= 0.6 is 0 Å². The lowest BCUT2D eigenvalue weighted by atomic mass is 10.2. The molecule has 0 saturated carbocycles. The number of aromatic nitrogens is 5. The molecule has 0 aromatic carbocycles. The van der Waals surface area contributed by atoms with Crippen molar-refractivity contribution in [2.75, 3.05) is 19.7 Å². The zero-order valence-corrected chi connectivity index (χ0v) is 14.6. The Labute approximate surface area is 145 Å². The van der Waals surface area contributed by atoms with Gasteiger partial charge in [-0.25, -0.2) is 9.67 Å². The molecule has 134 valence electrons. The van der Waals surface area contributed by atoms with Gasteiger partial charge in [0.15, 0.2) is 11.6 Å². The minimum atomic E-state index is -0.347. The smallest absolute Gasteiger partial charge is 0.267 e. The number of carbonyl (C=O) groups is 1. The molecule has 1 aliphatic rings. The van der Waals surface area contributed by atoms with E-state index in [0.29, 0.717) is 31.2 Å². The van der Waals surface area contributed by atoms with E-state index in [9.17, 15) is 9.59 Å². The van der Waals surface area contributed by atoms with Crippen LogP contribution in [0.1, 0.15) is 43.2 Å². The highest BCUT2D eigenvalue weighted by molar-refractivity contribution is 5.76. The largest absolute Gasteiger partial charge is 0.367 e. The van der Waals surface area contributed by atoms with Crippen LogP contribution in [0, 0.1) is 6.92 Å². The van der Waals surface area contributed by atoms with Gasteiger partial charge in [-0.3, -0.25) is 14.7 Å². The lowest BCUT2D eigenvalue weighted by Crippen LogP contribution is -2.45. The van der Waals surface area contributed by atoms with E-state index in [1.807, 2.05) is 13.8 Å². The first-order valence-corrected chi connectivity index (χ1v) is 8.30. The molecule has 1 fully saturated rings. The first kappa shape index (κ1) is 17.3. The van der Waals surface area contributed by atoms with E-state index in [4.69, 9.17) is 4.74 Å². The van der Waals surface area contributed by atoms with E-state index >= 15 is 0 Å². The maximum absolute atomic E-state index is 12.5. The average Bonchev–Trinajstić information content (AvgIpc) is 3.09. The third kappa shape index (κ3) is 3.93. The van der Waals surface area contributed by atoms with Gasteiger partial charge < -0.3 is 9.64 Å². The van der Waals surface area contributed by atoms with Crippen molar-refractivity contribution in [1.82, 2.24) is 29.9 Å². The van der Waals surface area contributed by atoms with Crippen molar-refractivity contribution in [2.24, 2.45) is 0 Å². The lowest BCUT2D eigenvalue weighted by Gasteiger charge is -2.31. The summed E-state index contributed by atoms with van der Waals surface area (Å²) in [5.74, 6) is 1.38. The molecule has 1 atom stereocenters. The Morgan fingerprint density at radius 3 is 2.96 bits per heavy atom. The van der Waals surface area contributed by atoms with Gasteiger partial charge in [0.1, 0.15) is 12.6 Å². The Balaban J connectivity index is 1.69. The molecule has 25 heavy (non-hydrogen) atoms. The highest BCUT2D eigenvalue weighted by Crippen LogP contribution is 2.20. The number of ether oxygens (including phenoxy) is 1. The average molecular weight is 346 g/mol. The van der Waals surface area contributed by atoms with Crippen molar-refractivity contribution >= 4 is 5.91 Å². The van der Waals surface area contributed by atoms with Gasteiger partial charge in [-0.15, -0.1) is 0 Å². The topological polar surface area (TPSA) is 106 Å². The van der Waals surface area contributed by atoms with E-state index in [0.717, 1.165) is 5.82 Å². The van der Waals surface area contributed by atoms with E-state index in [1.165, 1.54) is 10.7 Å². The number of aromatic amines is 1. The molecule has 1 saturated heterocycles. The van der Waals surface area contributed by atoms with E-state index < -0.39 is 0 Å². The summed E-state index contributed by atoms with van der Waals surface area (Å²) >= 11 is 0. The molecular formula is C16H22N6O3. The first-order chi connectivity index (χ1) is 11.9. The fourth-order valence-electron chi connectivity index (χ4n) is 2.62. The van der Waals surface area contributed by atoms with Crippen molar-refractivity contribution in [2.45, 2.75) is 39.3 Å². The second-order valence-electron chi connectivity index (χ2n) is 6.40. The molecule has 1 aliphatic heterocycles. The van der Waals surface area contributed by atoms with Crippen molar-refractivity contribution < 1.29 is 9.53 Å². The number of hydrogen-bond acceptors (Lipinski definition) is 6. The quantitative estimate of drug-likeness (QED) is 0.858.